The normalized spacial score (nSPS) is 30.1. The molecule has 0 bridgehead atoms. The standard InChI is InChI=1S/C15H28N2O/c1-15(8-5-9-16-11-15)12-17-14(18)10-13-6-3-2-4-7-13/h13,16H,2-12H2,1H3,(H,17,18). The van der Waals surface area contributed by atoms with Crippen LogP contribution in [-0.2, 0) is 4.79 Å². The van der Waals surface area contributed by atoms with Crippen LogP contribution in [0.2, 0.25) is 0 Å². The molecule has 3 heteroatoms. The van der Waals surface area contributed by atoms with E-state index in [-0.39, 0.29) is 11.3 Å². The molecule has 0 aromatic carbocycles. The second kappa shape index (κ2) is 6.55. The van der Waals surface area contributed by atoms with E-state index in [4.69, 9.17) is 0 Å². The lowest BCUT2D eigenvalue weighted by molar-refractivity contribution is -0.122. The second-order valence-electron chi connectivity index (χ2n) is 6.58. The van der Waals surface area contributed by atoms with E-state index in [1.54, 1.807) is 0 Å². The van der Waals surface area contributed by atoms with Crippen molar-refractivity contribution in [3.63, 3.8) is 0 Å². The molecule has 1 amide bonds. The van der Waals surface area contributed by atoms with E-state index in [1.807, 2.05) is 0 Å². The van der Waals surface area contributed by atoms with Crippen LogP contribution in [0, 0.1) is 11.3 Å². The van der Waals surface area contributed by atoms with Gasteiger partial charge in [-0.15, -0.1) is 0 Å². The summed E-state index contributed by atoms with van der Waals surface area (Å²) in [5, 5.41) is 6.59. The highest BCUT2D eigenvalue weighted by atomic mass is 16.1. The van der Waals surface area contributed by atoms with E-state index in [1.165, 1.54) is 44.9 Å². The molecular weight excluding hydrogens is 224 g/mol. The molecule has 2 rings (SSSR count). The van der Waals surface area contributed by atoms with Crippen LogP contribution in [0.1, 0.15) is 58.3 Å². The summed E-state index contributed by atoms with van der Waals surface area (Å²) in [5.74, 6) is 0.921. The quantitative estimate of drug-likeness (QED) is 0.807. The Labute approximate surface area is 111 Å². The lowest BCUT2D eigenvalue weighted by atomic mass is 9.82. The average Bonchev–Trinajstić information content (AvgIpc) is 2.39. The van der Waals surface area contributed by atoms with Gasteiger partial charge in [0.1, 0.15) is 0 Å². The summed E-state index contributed by atoms with van der Waals surface area (Å²) < 4.78 is 0. The molecule has 0 radical (unpaired) electrons. The van der Waals surface area contributed by atoms with Crippen LogP contribution in [0.3, 0.4) is 0 Å². The second-order valence-corrected chi connectivity index (χ2v) is 6.58. The van der Waals surface area contributed by atoms with Gasteiger partial charge in [-0.25, -0.2) is 0 Å². The van der Waals surface area contributed by atoms with Crippen molar-refractivity contribution in [3.8, 4) is 0 Å². The van der Waals surface area contributed by atoms with Crippen LogP contribution in [0.15, 0.2) is 0 Å². The molecule has 1 unspecified atom stereocenters. The molecule has 2 fully saturated rings. The molecule has 1 atom stereocenters. The van der Waals surface area contributed by atoms with Crippen LogP contribution < -0.4 is 10.6 Å². The molecule has 18 heavy (non-hydrogen) atoms. The Kier molecular flexibility index (Phi) is 5.04. The fourth-order valence-electron chi connectivity index (χ4n) is 3.31. The third-order valence-electron chi connectivity index (χ3n) is 4.60. The molecule has 1 heterocycles. The first-order valence-corrected chi connectivity index (χ1v) is 7.65. The molecule has 0 aromatic heterocycles. The summed E-state index contributed by atoms with van der Waals surface area (Å²) in [6.45, 7) is 5.29. The third kappa shape index (κ3) is 4.27. The van der Waals surface area contributed by atoms with Crippen molar-refractivity contribution in [1.29, 1.82) is 0 Å². The van der Waals surface area contributed by atoms with E-state index in [9.17, 15) is 4.79 Å². The van der Waals surface area contributed by atoms with Gasteiger partial charge in [-0.2, -0.15) is 0 Å². The highest BCUT2D eigenvalue weighted by Gasteiger charge is 2.27. The Balaban J connectivity index is 1.67. The Hall–Kier alpha value is -0.570. The predicted molar refractivity (Wildman–Crippen MR) is 74.4 cm³/mol. The molecule has 2 aliphatic rings. The summed E-state index contributed by atoms with van der Waals surface area (Å²) in [7, 11) is 0. The van der Waals surface area contributed by atoms with E-state index in [2.05, 4.69) is 17.6 Å². The number of hydrogen-bond acceptors (Lipinski definition) is 2. The van der Waals surface area contributed by atoms with E-state index < -0.39 is 0 Å². The van der Waals surface area contributed by atoms with Crippen molar-refractivity contribution in [1.82, 2.24) is 10.6 Å². The van der Waals surface area contributed by atoms with E-state index in [0.29, 0.717) is 5.92 Å². The first-order valence-electron chi connectivity index (χ1n) is 7.65. The Morgan fingerprint density at radius 2 is 2.06 bits per heavy atom. The van der Waals surface area contributed by atoms with Crippen LogP contribution in [0.25, 0.3) is 0 Å². The molecule has 0 spiro atoms. The van der Waals surface area contributed by atoms with E-state index in [0.717, 1.165) is 26.1 Å². The van der Waals surface area contributed by atoms with Gasteiger partial charge >= 0.3 is 0 Å². The van der Waals surface area contributed by atoms with Gasteiger partial charge in [0.2, 0.25) is 5.91 Å². The molecule has 0 aromatic rings. The summed E-state index contributed by atoms with van der Waals surface area (Å²) >= 11 is 0. The maximum absolute atomic E-state index is 12.0. The molecule has 1 aliphatic carbocycles. The highest BCUT2D eigenvalue weighted by Crippen LogP contribution is 2.27. The Morgan fingerprint density at radius 1 is 1.28 bits per heavy atom. The zero-order chi connectivity index (χ0) is 12.8. The maximum Gasteiger partial charge on any atom is 0.220 e. The fraction of sp³-hybridized carbons (Fsp3) is 0.933. The first-order chi connectivity index (χ1) is 8.68. The summed E-state index contributed by atoms with van der Waals surface area (Å²) in [4.78, 5) is 12.0. The van der Waals surface area contributed by atoms with Crippen molar-refractivity contribution in [3.05, 3.63) is 0 Å². The van der Waals surface area contributed by atoms with E-state index >= 15 is 0 Å². The van der Waals surface area contributed by atoms with Crippen LogP contribution >= 0.6 is 0 Å². The van der Waals surface area contributed by atoms with Gasteiger partial charge in [0.05, 0.1) is 0 Å². The van der Waals surface area contributed by atoms with Gasteiger partial charge in [-0.3, -0.25) is 4.79 Å². The molecule has 2 N–H and O–H groups in total. The lowest BCUT2D eigenvalue weighted by Crippen LogP contribution is -2.45. The fourth-order valence-corrected chi connectivity index (χ4v) is 3.31. The number of rotatable bonds is 4. The highest BCUT2D eigenvalue weighted by molar-refractivity contribution is 5.76. The van der Waals surface area contributed by atoms with Crippen molar-refractivity contribution in [2.24, 2.45) is 11.3 Å². The summed E-state index contributed by atoms with van der Waals surface area (Å²) in [6, 6.07) is 0. The van der Waals surface area contributed by atoms with Crippen LogP contribution in [0.5, 0.6) is 0 Å². The van der Waals surface area contributed by atoms with Crippen molar-refractivity contribution in [2.75, 3.05) is 19.6 Å². The predicted octanol–water partition coefficient (Wildman–Crippen LogP) is 2.46. The zero-order valence-corrected chi connectivity index (χ0v) is 11.8. The lowest BCUT2D eigenvalue weighted by Gasteiger charge is -2.34. The van der Waals surface area contributed by atoms with Gasteiger partial charge in [0.25, 0.3) is 0 Å². The number of carbonyl (C=O) groups is 1. The number of carbonyl (C=O) groups excluding carboxylic acids is 1. The number of nitrogens with one attached hydrogen (secondary N) is 2. The molecule has 1 saturated heterocycles. The third-order valence-corrected chi connectivity index (χ3v) is 4.60. The summed E-state index contributed by atoms with van der Waals surface area (Å²) in [6.07, 6.45) is 9.72. The first kappa shape index (κ1) is 13.9. The minimum Gasteiger partial charge on any atom is -0.356 e. The van der Waals surface area contributed by atoms with Crippen molar-refractivity contribution in [2.45, 2.75) is 58.3 Å². The number of hydrogen-bond donors (Lipinski definition) is 2. The monoisotopic (exact) mass is 252 g/mol. The smallest absolute Gasteiger partial charge is 0.220 e. The van der Waals surface area contributed by atoms with Gasteiger partial charge in [0, 0.05) is 19.5 Å². The van der Waals surface area contributed by atoms with Crippen molar-refractivity contribution < 1.29 is 4.79 Å². The Bertz CT molecular complexity index is 266. The number of amides is 1. The van der Waals surface area contributed by atoms with Gasteiger partial charge in [0.15, 0.2) is 0 Å². The molecule has 1 aliphatic heterocycles. The minimum absolute atomic E-state index is 0.264. The molecular formula is C15H28N2O. The molecule has 104 valence electrons. The van der Waals surface area contributed by atoms with Crippen LogP contribution in [0.4, 0.5) is 0 Å². The minimum atomic E-state index is 0.264. The Morgan fingerprint density at radius 3 is 2.72 bits per heavy atom. The molecule has 1 saturated carbocycles. The van der Waals surface area contributed by atoms with Crippen LogP contribution in [-0.4, -0.2) is 25.5 Å². The van der Waals surface area contributed by atoms with Crippen molar-refractivity contribution >= 4 is 5.91 Å². The topological polar surface area (TPSA) is 41.1 Å². The average molecular weight is 252 g/mol. The van der Waals surface area contributed by atoms with Gasteiger partial charge in [-0.1, -0.05) is 26.2 Å². The van der Waals surface area contributed by atoms with Gasteiger partial charge < -0.3 is 10.6 Å². The zero-order valence-electron chi connectivity index (χ0n) is 11.8. The molecule has 3 nitrogen and oxygen atoms in total. The SMILES string of the molecule is CC1(CNC(=O)CC2CCCCC2)CCCNC1. The maximum atomic E-state index is 12.0. The summed E-state index contributed by atoms with van der Waals surface area (Å²) in [5.41, 5.74) is 0.264. The van der Waals surface area contributed by atoms with Gasteiger partial charge in [-0.05, 0) is 43.6 Å². The number of piperidine rings is 1. The largest absolute Gasteiger partial charge is 0.356 e.